The van der Waals surface area contributed by atoms with Crippen LogP contribution in [0.1, 0.15) is 27.7 Å². The molecule has 0 radical (unpaired) electrons. The van der Waals surface area contributed by atoms with E-state index in [1.54, 1.807) is 0 Å². The molecule has 2 aromatic heterocycles. The van der Waals surface area contributed by atoms with E-state index >= 15 is 0 Å². The predicted octanol–water partition coefficient (Wildman–Crippen LogP) is 4.24. The number of rotatable bonds is 2. The maximum Gasteiger partial charge on any atom is 0.112 e. The van der Waals surface area contributed by atoms with Crippen molar-refractivity contribution in [1.29, 1.82) is 0 Å². The minimum absolute atomic E-state index is 0.304. The van der Waals surface area contributed by atoms with Gasteiger partial charge in [-0.1, -0.05) is 27.7 Å². The van der Waals surface area contributed by atoms with Crippen molar-refractivity contribution in [2.75, 3.05) is 5.32 Å². The van der Waals surface area contributed by atoms with Crippen LogP contribution in [0, 0.1) is 10.8 Å². The van der Waals surface area contributed by atoms with Crippen LogP contribution in [0.25, 0.3) is 11.0 Å². The third-order valence-electron chi connectivity index (χ3n) is 4.86. The standard InChI is InChI=1S/C15H18BrN3/c1-14(2)13(15(14,3)4)19-10-5-6-17-11-7-9(16)8-18-12(10)11/h5-8,13H,1-4H3,(H,17,19). The minimum atomic E-state index is 0.304. The Morgan fingerprint density at radius 1 is 1.16 bits per heavy atom. The van der Waals surface area contributed by atoms with Crippen molar-refractivity contribution in [3.63, 3.8) is 0 Å². The zero-order chi connectivity index (χ0) is 13.8. The molecule has 2 aromatic rings. The zero-order valence-corrected chi connectivity index (χ0v) is 13.2. The summed E-state index contributed by atoms with van der Waals surface area (Å²) in [6.45, 7) is 9.21. The molecule has 0 aromatic carbocycles. The molecule has 4 heteroatoms. The van der Waals surface area contributed by atoms with E-state index in [-0.39, 0.29) is 0 Å². The molecule has 3 nitrogen and oxygen atoms in total. The molecule has 100 valence electrons. The number of nitrogens with one attached hydrogen (secondary N) is 1. The van der Waals surface area contributed by atoms with E-state index < -0.39 is 0 Å². The Hall–Kier alpha value is -1.16. The normalized spacial score (nSPS) is 20.5. The van der Waals surface area contributed by atoms with Gasteiger partial charge in [0.2, 0.25) is 0 Å². The van der Waals surface area contributed by atoms with Gasteiger partial charge in [-0.15, -0.1) is 0 Å². The molecule has 1 fully saturated rings. The van der Waals surface area contributed by atoms with Crippen LogP contribution in [0.3, 0.4) is 0 Å². The van der Waals surface area contributed by atoms with Crippen molar-refractivity contribution in [1.82, 2.24) is 9.97 Å². The molecule has 1 N–H and O–H groups in total. The highest BCUT2D eigenvalue weighted by Crippen LogP contribution is 2.63. The quantitative estimate of drug-likeness (QED) is 0.899. The lowest BCUT2D eigenvalue weighted by Crippen LogP contribution is -2.10. The Morgan fingerprint density at radius 3 is 2.47 bits per heavy atom. The largest absolute Gasteiger partial charge is 0.379 e. The Bertz CT molecular complexity index is 635. The summed E-state index contributed by atoms with van der Waals surface area (Å²) in [5.41, 5.74) is 3.52. The second-order valence-electron chi connectivity index (χ2n) is 6.40. The summed E-state index contributed by atoms with van der Waals surface area (Å²) in [5, 5.41) is 3.64. The van der Waals surface area contributed by atoms with Gasteiger partial charge in [0, 0.05) is 22.9 Å². The number of aromatic nitrogens is 2. The highest BCUT2D eigenvalue weighted by Gasteiger charge is 2.65. The predicted molar refractivity (Wildman–Crippen MR) is 82.2 cm³/mol. The summed E-state index contributed by atoms with van der Waals surface area (Å²) in [4.78, 5) is 8.86. The first-order valence-corrected chi connectivity index (χ1v) is 7.30. The number of hydrogen-bond donors (Lipinski definition) is 1. The fraction of sp³-hybridized carbons (Fsp3) is 0.467. The molecule has 0 aliphatic heterocycles. The van der Waals surface area contributed by atoms with Crippen molar-refractivity contribution in [2.45, 2.75) is 33.7 Å². The fourth-order valence-corrected chi connectivity index (χ4v) is 3.15. The third-order valence-corrected chi connectivity index (χ3v) is 5.30. The van der Waals surface area contributed by atoms with Crippen molar-refractivity contribution in [3.05, 3.63) is 29.0 Å². The molecule has 1 saturated carbocycles. The van der Waals surface area contributed by atoms with Gasteiger partial charge in [0.05, 0.1) is 11.2 Å². The van der Waals surface area contributed by atoms with Crippen molar-refractivity contribution in [3.8, 4) is 0 Å². The van der Waals surface area contributed by atoms with Crippen molar-refractivity contribution in [2.24, 2.45) is 10.8 Å². The second kappa shape index (κ2) is 3.92. The topological polar surface area (TPSA) is 37.8 Å². The molecule has 1 aliphatic carbocycles. The molecule has 1 aliphatic rings. The number of hydrogen-bond acceptors (Lipinski definition) is 3. The molecular formula is C15H18BrN3. The Labute approximate surface area is 122 Å². The zero-order valence-electron chi connectivity index (χ0n) is 11.7. The summed E-state index contributed by atoms with van der Waals surface area (Å²) in [6.07, 6.45) is 3.65. The van der Waals surface area contributed by atoms with E-state index in [1.165, 1.54) is 0 Å². The van der Waals surface area contributed by atoms with E-state index in [0.717, 1.165) is 21.2 Å². The van der Waals surface area contributed by atoms with Crippen LogP contribution in [0.5, 0.6) is 0 Å². The first-order valence-electron chi connectivity index (χ1n) is 6.51. The maximum atomic E-state index is 4.49. The van der Waals surface area contributed by atoms with Gasteiger partial charge in [-0.2, -0.15) is 0 Å². The first kappa shape index (κ1) is 12.9. The molecule has 0 spiro atoms. The number of anilines is 1. The van der Waals surface area contributed by atoms with Crippen LogP contribution in [-0.2, 0) is 0 Å². The summed E-state index contributed by atoms with van der Waals surface area (Å²) < 4.78 is 0.955. The van der Waals surface area contributed by atoms with Gasteiger partial charge >= 0.3 is 0 Å². The molecule has 0 atom stereocenters. The van der Waals surface area contributed by atoms with Crippen LogP contribution in [0.4, 0.5) is 5.69 Å². The van der Waals surface area contributed by atoms with Gasteiger partial charge in [-0.05, 0) is 38.9 Å². The molecule has 0 amide bonds. The second-order valence-corrected chi connectivity index (χ2v) is 7.32. The molecule has 3 rings (SSSR count). The van der Waals surface area contributed by atoms with Crippen molar-refractivity contribution < 1.29 is 0 Å². The highest BCUT2D eigenvalue weighted by atomic mass is 79.9. The van der Waals surface area contributed by atoms with Gasteiger partial charge in [0.15, 0.2) is 0 Å². The monoisotopic (exact) mass is 319 g/mol. The SMILES string of the molecule is CC1(C)C(Nc2ccnc3cc(Br)cnc23)C1(C)C. The number of fused-ring (bicyclic) bond motifs is 1. The summed E-state index contributed by atoms with van der Waals surface area (Å²) >= 11 is 3.43. The fourth-order valence-electron chi connectivity index (χ4n) is 2.83. The molecule has 0 saturated heterocycles. The van der Waals surface area contributed by atoms with Gasteiger partial charge in [0.25, 0.3) is 0 Å². The Balaban J connectivity index is 1.99. The lowest BCUT2D eigenvalue weighted by atomic mass is 10.0. The maximum absolute atomic E-state index is 4.49. The van der Waals surface area contributed by atoms with Gasteiger partial charge in [0.1, 0.15) is 5.52 Å². The van der Waals surface area contributed by atoms with E-state index in [9.17, 15) is 0 Å². The summed E-state index contributed by atoms with van der Waals surface area (Å²) in [7, 11) is 0. The Kier molecular flexibility index (Phi) is 2.65. The third kappa shape index (κ3) is 1.84. The van der Waals surface area contributed by atoms with Gasteiger partial charge in [-0.3, -0.25) is 9.97 Å². The minimum Gasteiger partial charge on any atom is -0.379 e. The molecule has 19 heavy (non-hydrogen) atoms. The van der Waals surface area contributed by atoms with E-state index in [2.05, 4.69) is 58.9 Å². The lowest BCUT2D eigenvalue weighted by molar-refractivity contribution is 0.457. The smallest absolute Gasteiger partial charge is 0.112 e. The van der Waals surface area contributed by atoms with Crippen LogP contribution in [0.2, 0.25) is 0 Å². The van der Waals surface area contributed by atoms with Crippen molar-refractivity contribution >= 4 is 32.7 Å². The molecular weight excluding hydrogens is 302 g/mol. The van der Waals surface area contributed by atoms with E-state index in [0.29, 0.717) is 16.9 Å². The van der Waals surface area contributed by atoms with Gasteiger partial charge in [-0.25, -0.2) is 0 Å². The molecule has 2 heterocycles. The Morgan fingerprint density at radius 2 is 1.84 bits per heavy atom. The van der Waals surface area contributed by atoms with Gasteiger partial charge < -0.3 is 5.32 Å². The highest BCUT2D eigenvalue weighted by molar-refractivity contribution is 9.10. The summed E-state index contributed by atoms with van der Waals surface area (Å²) in [5.74, 6) is 0. The van der Waals surface area contributed by atoms with Crippen LogP contribution in [-0.4, -0.2) is 16.0 Å². The van der Waals surface area contributed by atoms with Crippen LogP contribution in [0.15, 0.2) is 29.0 Å². The van der Waals surface area contributed by atoms with Crippen LogP contribution >= 0.6 is 15.9 Å². The number of halogens is 1. The molecule has 0 bridgehead atoms. The summed E-state index contributed by atoms with van der Waals surface area (Å²) in [6, 6.07) is 4.47. The number of pyridine rings is 2. The molecule has 0 unspecified atom stereocenters. The first-order chi connectivity index (χ1) is 8.84. The average molecular weight is 320 g/mol. The average Bonchev–Trinajstić information content (AvgIpc) is 2.71. The number of nitrogens with zero attached hydrogens (tertiary/aromatic N) is 2. The van der Waals surface area contributed by atoms with E-state index in [1.807, 2.05) is 24.5 Å². The van der Waals surface area contributed by atoms with Crippen LogP contribution < -0.4 is 5.32 Å². The lowest BCUT2D eigenvalue weighted by Gasteiger charge is -2.10. The van der Waals surface area contributed by atoms with E-state index in [4.69, 9.17) is 0 Å².